The first kappa shape index (κ1) is 20.1. The number of rotatable bonds is 5. The summed E-state index contributed by atoms with van der Waals surface area (Å²) in [5.41, 5.74) is 3.12. The summed E-state index contributed by atoms with van der Waals surface area (Å²) in [5, 5.41) is 5.36. The molecule has 0 saturated carbocycles. The van der Waals surface area contributed by atoms with Crippen molar-refractivity contribution in [2.75, 3.05) is 13.2 Å². The number of fused-ring (bicyclic) bond motifs is 2. The Labute approximate surface area is 186 Å². The van der Waals surface area contributed by atoms with Crippen molar-refractivity contribution in [2.45, 2.75) is 19.6 Å². The van der Waals surface area contributed by atoms with Gasteiger partial charge in [0, 0.05) is 18.6 Å². The number of pyridine rings is 1. The van der Waals surface area contributed by atoms with Crippen molar-refractivity contribution in [1.29, 1.82) is 0 Å². The summed E-state index contributed by atoms with van der Waals surface area (Å²) in [4.78, 5) is 20.0. The number of carbonyl (C=O) groups excluding carboxylic acids is 1. The molecule has 5 rings (SSSR count). The SMILES string of the molecule is Cc1cc(CN(CC2COc3ccccc3O2)C(=O)c2cccc3cccnc23)n(C)n1. The molecule has 1 atom stereocenters. The lowest BCUT2D eigenvalue weighted by Gasteiger charge is -2.31. The normalized spacial score (nSPS) is 15.0. The van der Waals surface area contributed by atoms with E-state index in [0.29, 0.717) is 36.5 Å². The lowest BCUT2D eigenvalue weighted by atomic mass is 10.1. The minimum atomic E-state index is -0.286. The summed E-state index contributed by atoms with van der Waals surface area (Å²) in [6.07, 6.45) is 1.43. The van der Waals surface area contributed by atoms with Gasteiger partial charge in [-0.2, -0.15) is 5.10 Å². The maximum atomic E-state index is 13.8. The van der Waals surface area contributed by atoms with Gasteiger partial charge in [0.25, 0.3) is 5.91 Å². The number of aromatic nitrogens is 3. The van der Waals surface area contributed by atoms with E-state index in [2.05, 4.69) is 10.1 Å². The van der Waals surface area contributed by atoms with Crippen molar-refractivity contribution in [1.82, 2.24) is 19.7 Å². The van der Waals surface area contributed by atoms with E-state index in [-0.39, 0.29) is 12.0 Å². The van der Waals surface area contributed by atoms with Crippen LogP contribution in [0.25, 0.3) is 10.9 Å². The number of ether oxygens (including phenoxy) is 2. The van der Waals surface area contributed by atoms with Crippen LogP contribution in [0.5, 0.6) is 11.5 Å². The van der Waals surface area contributed by atoms with E-state index in [0.717, 1.165) is 22.5 Å². The van der Waals surface area contributed by atoms with E-state index < -0.39 is 0 Å². The zero-order chi connectivity index (χ0) is 22.1. The predicted molar refractivity (Wildman–Crippen MR) is 121 cm³/mol. The molecule has 1 aliphatic rings. The Bertz CT molecular complexity index is 1280. The molecule has 0 N–H and O–H groups in total. The average molecular weight is 428 g/mol. The van der Waals surface area contributed by atoms with E-state index in [1.54, 1.807) is 11.1 Å². The molecule has 1 unspecified atom stereocenters. The van der Waals surface area contributed by atoms with Gasteiger partial charge in [0.05, 0.1) is 35.6 Å². The van der Waals surface area contributed by atoms with Crippen molar-refractivity contribution < 1.29 is 14.3 Å². The number of carbonyl (C=O) groups is 1. The Hall–Kier alpha value is -3.87. The number of para-hydroxylation sites is 3. The number of benzene rings is 2. The summed E-state index contributed by atoms with van der Waals surface area (Å²) in [5.74, 6) is 1.32. The fraction of sp³-hybridized carbons (Fsp3) is 0.240. The quantitative estimate of drug-likeness (QED) is 0.484. The molecule has 4 aromatic rings. The second kappa shape index (κ2) is 8.34. The molecule has 0 saturated heterocycles. The minimum absolute atomic E-state index is 0.101. The third-order valence-corrected chi connectivity index (χ3v) is 5.59. The highest BCUT2D eigenvalue weighted by Gasteiger charge is 2.28. The van der Waals surface area contributed by atoms with Crippen LogP contribution >= 0.6 is 0 Å². The molecule has 1 amide bonds. The van der Waals surface area contributed by atoms with Gasteiger partial charge in [0.1, 0.15) is 6.61 Å². The number of nitrogens with zero attached hydrogens (tertiary/aromatic N) is 4. The fourth-order valence-corrected chi connectivity index (χ4v) is 4.07. The van der Waals surface area contributed by atoms with Crippen LogP contribution < -0.4 is 9.47 Å². The molecule has 7 nitrogen and oxygen atoms in total. The van der Waals surface area contributed by atoms with E-state index in [1.807, 2.05) is 79.3 Å². The summed E-state index contributed by atoms with van der Waals surface area (Å²) in [6, 6.07) is 19.1. The highest BCUT2D eigenvalue weighted by atomic mass is 16.6. The molecule has 0 radical (unpaired) electrons. The maximum Gasteiger partial charge on any atom is 0.256 e. The fourth-order valence-electron chi connectivity index (χ4n) is 4.07. The summed E-state index contributed by atoms with van der Waals surface area (Å²) in [6.45, 7) is 3.10. The Morgan fingerprint density at radius 3 is 2.75 bits per heavy atom. The van der Waals surface area contributed by atoms with Gasteiger partial charge in [-0.3, -0.25) is 14.5 Å². The zero-order valence-corrected chi connectivity index (χ0v) is 18.1. The van der Waals surface area contributed by atoms with Gasteiger partial charge in [-0.05, 0) is 37.3 Å². The first-order chi connectivity index (χ1) is 15.6. The van der Waals surface area contributed by atoms with Crippen LogP contribution in [0.1, 0.15) is 21.7 Å². The molecule has 0 spiro atoms. The van der Waals surface area contributed by atoms with Crippen molar-refractivity contribution in [3.63, 3.8) is 0 Å². The molecule has 2 aromatic carbocycles. The Morgan fingerprint density at radius 1 is 1.12 bits per heavy atom. The van der Waals surface area contributed by atoms with Gasteiger partial charge in [0.15, 0.2) is 17.6 Å². The van der Waals surface area contributed by atoms with E-state index in [1.165, 1.54) is 0 Å². The number of aryl methyl sites for hydroxylation is 2. The Kier molecular flexibility index (Phi) is 5.23. The van der Waals surface area contributed by atoms with E-state index in [4.69, 9.17) is 9.47 Å². The third kappa shape index (κ3) is 3.89. The van der Waals surface area contributed by atoms with Crippen LogP contribution in [0, 0.1) is 6.92 Å². The molecular weight excluding hydrogens is 404 g/mol. The zero-order valence-electron chi connectivity index (χ0n) is 18.1. The second-order valence-electron chi connectivity index (χ2n) is 7.96. The first-order valence-electron chi connectivity index (χ1n) is 10.6. The van der Waals surface area contributed by atoms with Gasteiger partial charge in [-0.25, -0.2) is 0 Å². The second-order valence-corrected chi connectivity index (χ2v) is 7.96. The maximum absolute atomic E-state index is 13.8. The lowest BCUT2D eigenvalue weighted by Crippen LogP contribution is -2.43. The summed E-state index contributed by atoms with van der Waals surface area (Å²) in [7, 11) is 1.89. The van der Waals surface area contributed by atoms with Gasteiger partial charge in [-0.15, -0.1) is 0 Å². The largest absolute Gasteiger partial charge is 0.486 e. The first-order valence-corrected chi connectivity index (χ1v) is 10.6. The Balaban J connectivity index is 1.47. The summed E-state index contributed by atoms with van der Waals surface area (Å²) < 4.78 is 13.8. The number of amides is 1. The van der Waals surface area contributed by atoms with Gasteiger partial charge < -0.3 is 14.4 Å². The average Bonchev–Trinajstić information content (AvgIpc) is 3.14. The van der Waals surface area contributed by atoms with Gasteiger partial charge in [-0.1, -0.05) is 30.3 Å². The van der Waals surface area contributed by atoms with Gasteiger partial charge >= 0.3 is 0 Å². The lowest BCUT2D eigenvalue weighted by molar-refractivity contribution is 0.0440. The highest BCUT2D eigenvalue weighted by molar-refractivity contribution is 6.05. The van der Waals surface area contributed by atoms with Crippen LogP contribution in [0.2, 0.25) is 0 Å². The molecule has 0 bridgehead atoms. The van der Waals surface area contributed by atoms with E-state index >= 15 is 0 Å². The molecule has 0 aliphatic carbocycles. The van der Waals surface area contributed by atoms with Crippen LogP contribution in [0.3, 0.4) is 0 Å². The molecular formula is C25H24N4O3. The molecule has 0 fully saturated rings. The third-order valence-electron chi connectivity index (χ3n) is 5.59. The number of hydrogen-bond acceptors (Lipinski definition) is 5. The monoisotopic (exact) mass is 428 g/mol. The molecule has 2 aromatic heterocycles. The molecule has 3 heterocycles. The predicted octanol–water partition coefficient (Wildman–Crippen LogP) is 3.76. The van der Waals surface area contributed by atoms with Gasteiger partial charge in [0.2, 0.25) is 0 Å². The van der Waals surface area contributed by atoms with Crippen molar-refractivity contribution >= 4 is 16.8 Å². The number of hydrogen-bond donors (Lipinski definition) is 0. The van der Waals surface area contributed by atoms with Crippen LogP contribution in [0.15, 0.2) is 66.9 Å². The van der Waals surface area contributed by atoms with E-state index in [9.17, 15) is 4.79 Å². The standard InChI is InChI=1S/C25H24N4O3/c1-17-13-19(28(2)27-17)14-29(15-20-16-31-22-10-3-4-11-23(22)32-20)25(30)21-9-5-7-18-8-6-12-26-24(18)21/h3-13,20H,14-16H2,1-2H3. The molecule has 162 valence electrons. The molecule has 7 heteroatoms. The molecule has 1 aliphatic heterocycles. The van der Waals surface area contributed by atoms with Crippen molar-refractivity contribution in [3.8, 4) is 11.5 Å². The van der Waals surface area contributed by atoms with Crippen LogP contribution in [0.4, 0.5) is 0 Å². The highest BCUT2D eigenvalue weighted by Crippen LogP contribution is 2.31. The van der Waals surface area contributed by atoms with Crippen molar-refractivity contribution in [3.05, 3.63) is 83.8 Å². The minimum Gasteiger partial charge on any atom is -0.486 e. The smallest absolute Gasteiger partial charge is 0.256 e. The van der Waals surface area contributed by atoms with Crippen LogP contribution in [-0.4, -0.2) is 44.8 Å². The van der Waals surface area contributed by atoms with Crippen molar-refractivity contribution in [2.24, 2.45) is 7.05 Å². The van der Waals surface area contributed by atoms with Crippen LogP contribution in [-0.2, 0) is 13.6 Å². The molecule has 32 heavy (non-hydrogen) atoms. The topological polar surface area (TPSA) is 69.5 Å². The summed E-state index contributed by atoms with van der Waals surface area (Å²) >= 11 is 0. The Morgan fingerprint density at radius 2 is 1.94 bits per heavy atom.